The van der Waals surface area contributed by atoms with Crippen molar-refractivity contribution in [3.8, 4) is 0 Å². The zero-order valence-corrected chi connectivity index (χ0v) is 9.17. The zero-order valence-electron chi connectivity index (χ0n) is 9.17. The lowest BCUT2D eigenvalue weighted by Gasteiger charge is -2.15. The Morgan fingerprint density at radius 2 is 2.11 bits per heavy atom. The maximum Gasteiger partial charge on any atom is 0.435 e. The van der Waals surface area contributed by atoms with Crippen LogP contribution in [0.5, 0.6) is 0 Å². The van der Waals surface area contributed by atoms with Crippen molar-refractivity contribution in [1.82, 2.24) is 9.78 Å². The summed E-state index contributed by atoms with van der Waals surface area (Å²) in [7, 11) is 0. The van der Waals surface area contributed by atoms with Gasteiger partial charge in [-0.25, -0.2) is 0 Å². The average Bonchev–Trinajstić information content (AvgIpc) is 2.87. The van der Waals surface area contributed by atoms with Crippen LogP contribution in [0.25, 0.3) is 0 Å². The highest BCUT2D eigenvalue weighted by Crippen LogP contribution is 2.68. The molecule has 0 spiro atoms. The molecule has 1 aromatic heterocycles. The third-order valence-electron chi connectivity index (χ3n) is 3.48. The molecule has 0 amide bonds. The van der Waals surface area contributed by atoms with Crippen LogP contribution in [0.2, 0.25) is 0 Å². The molecule has 0 N–H and O–H groups in total. The molecule has 104 valence electrons. The molecule has 0 saturated heterocycles. The first kappa shape index (κ1) is 12.4. The van der Waals surface area contributed by atoms with E-state index in [2.05, 4.69) is 5.10 Å². The SMILES string of the molecule is O=C([O-])Cn1nc(C(F)(F)F)c2c1C(F)(F)[C@@H]1C[C@H]21. The van der Waals surface area contributed by atoms with Gasteiger partial charge >= 0.3 is 6.18 Å². The van der Waals surface area contributed by atoms with E-state index in [1.807, 2.05) is 0 Å². The Kier molecular flexibility index (Phi) is 2.12. The van der Waals surface area contributed by atoms with Crippen LogP contribution >= 0.6 is 0 Å². The van der Waals surface area contributed by atoms with Crippen molar-refractivity contribution in [3.63, 3.8) is 0 Å². The summed E-state index contributed by atoms with van der Waals surface area (Å²) in [5.74, 6) is -7.28. The Hall–Kier alpha value is -1.67. The van der Waals surface area contributed by atoms with E-state index in [0.29, 0.717) is 0 Å². The minimum absolute atomic E-state index is 0.0277. The average molecular weight is 281 g/mol. The number of carbonyl (C=O) groups is 1. The Balaban J connectivity index is 2.19. The maximum absolute atomic E-state index is 13.8. The Labute approximate surface area is 102 Å². The standard InChI is InChI=1S/C10H7F5N2O2/c11-9(12)4-1-3(4)6-7(10(13,14)15)16-17(8(6)9)2-5(18)19/h3-4H,1-2H2,(H,18,19)/p-1/t3-,4+/m0/s1. The number of nitrogens with zero attached hydrogens (tertiary/aromatic N) is 2. The van der Waals surface area contributed by atoms with Crippen molar-refractivity contribution in [2.24, 2.45) is 5.92 Å². The number of aliphatic carboxylic acids is 1. The molecule has 1 heterocycles. The number of hydrogen-bond donors (Lipinski definition) is 0. The predicted molar refractivity (Wildman–Crippen MR) is 47.0 cm³/mol. The molecule has 1 aromatic rings. The van der Waals surface area contributed by atoms with Crippen molar-refractivity contribution >= 4 is 5.97 Å². The van der Waals surface area contributed by atoms with E-state index < -0.39 is 53.4 Å². The number of carbonyl (C=O) groups excluding carboxylic acids is 1. The van der Waals surface area contributed by atoms with Crippen LogP contribution in [0.4, 0.5) is 22.0 Å². The largest absolute Gasteiger partial charge is 0.548 e. The van der Waals surface area contributed by atoms with E-state index in [4.69, 9.17) is 0 Å². The van der Waals surface area contributed by atoms with Crippen LogP contribution in [0, 0.1) is 5.92 Å². The molecule has 0 bridgehead atoms. The number of halogens is 5. The molecule has 19 heavy (non-hydrogen) atoms. The normalized spacial score (nSPS) is 27.0. The van der Waals surface area contributed by atoms with E-state index in [1.165, 1.54) is 0 Å². The number of hydrogen-bond acceptors (Lipinski definition) is 3. The van der Waals surface area contributed by atoms with E-state index in [9.17, 15) is 31.9 Å². The molecule has 2 aliphatic rings. The number of alkyl halides is 5. The lowest BCUT2D eigenvalue weighted by Crippen LogP contribution is -2.31. The molecule has 0 aliphatic heterocycles. The van der Waals surface area contributed by atoms with Crippen molar-refractivity contribution in [2.75, 3.05) is 0 Å². The quantitative estimate of drug-likeness (QED) is 0.755. The molecule has 9 heteroatoms. The first-order valence-electron chi connectivity index (χ1n) is 5.40. The highest BCUT2D eigenvalue weighted by Gasteiger charge is 2.68. The molecule has 1 fully saturated rings. The second kappa shape index (κ2) is 3.26. The molecule has 0 aromatic carbocycles. The maximum atomic E-state index is 13.8. The molecule has 0 radical (unpaired) electrons. The highest BCUT2D eigenvalue weighted by molar-refractivity contribution is 5.64. The lowest BCUT2D eigenvalue weighted by molar-refractivity contribution is -0.306. The van der Waals surface area contributed by atoms with Gasteiger partial charge in [-0.2, -0.15) is 27.1 Å². The van der Waals surface area contributed by atoms with Crippen LogP contribution in [-0.2, 0) is 23.4 Å². The minimum Gasteiger partial charge on any atom is -0.548 e. The Morgan fingerprint density at radius 3 is 2.63 bits per heavy atom. The van der Waals surface area contributed by atoms with Crippen LogP contribution in [0.1, 0.15) is 29.3 Å². The molecule has 0 unspecified atom stereocenters. The van der Waals surface area contributed by atoms with Gasteiger partial charge < -0.3 is 9.90 Å². The van der Waals surface area contributed by atoms with Gasteiger partial charge in [-0.1, -0.05) is 0 Å². The van der Waals surface area contributed by atoms with Gasteiger partial charge in [0.2, 0.25) is 0 Å². The summed E-state index contributed by atoms with van der Waals surface area (Å²) in [5.41, 5.74) is -2.89. The zero-order chi connectivity index (χ0) is 14.2. The molecule has 3 rings (SSSR count). The Morgan fingerprint density at radius 1 is 1.47 bits per heavy atom. The van der Waals surface area contributed by atoms with Crippen molar-refractivity contribution in [3.05, 3.63) is 17.0 Å². The summed E-state index contributed by atoms with van der Waals surface area (Å²) in [6.45, 7) is -1.12. The summed E-state index contributed by atoms with van der Waals surface area (Å²) in [4.78, 5) is 10.4. The molecular formula is C10H6F5N2O2-. The first-order valence-corrected chi connectivity index (χ1v) is 5.40. The van der Waals surface area contributed by atoms with Crippen molar-refractivity contribution in [2.45, 2.75) is 31.0 Å². The number of fused-ring (bicyclic) bond motifs is 3. The second-order valence-corrected chi connectivity index (χ2v) is 4.71. The third-order valence-corrected chi connectivity index (χ3v) is 3.48. The lowest BCUT2D eigenvalue weighted by atomic mass is 10.1. The Bertz CT molecular complexity index is 577. The topological polar surface area (TPSA) is 57.9 Å². The molecule has 1 saturated carbocycles. The van der Waals surface area contributed by atoms with Crippen molar-refractivity contribution < 1.29 is 31.9 Å². The summed E-state index contributed by atoms with van der Waals surface area (Å²) in [6.07, 6.45) is -4.91. The molecule has 2 atom stereocenters. The van der Waals surface area contributed by atoms with Crippen LogP contribution < -0.4 is 5.11 Å². The van der Waals surface area contributed by atoms with Gasteiger partial charge in [0.15, 0.2) is 5.69 Å². The van der Waals surface area contributed by atoms with E-state index in [1.54, 1.807) is 0 Å². The highest BCUT2D eigenvalue weighted by atomic mass is 19.4. The van der Waals surface area contributed by atoms with Gasteiger partial charge in [-0.05, 0) is 12.3 Å². The summed E-state index contributed by atoms with van der Waals surface area (Å²) in [5, 5.41) is 13.4. The molecule has 2 aliphatic carbocycles. The van der Waals surface area contributed by atoms with Gasteiger partial charge in [0.1, 0.15) is 5.69 Å². The number of carboxylic acid groups (broad SMARTS) is 1. The van der Waals surface area contributed by atoms with Gasteiger partial charge in [-0.3, -0.25) is 4.68 Å². The molecule has 4 nitrogen and oxygen atoms in total. The van der Waals surface area contributed by atoms with Crippen molar-refractivity contribution in [1.29, 1.82) is 0 Å². The number of carboxylic acids is 1. The van der Waals surface area contributed by atoms with E-state index in [0.717, 1.165) is 0 Å². The van der Waals surface area contributed by atoms with Crippen LogP contribution in [-0.4, -0.2) is 15.7 Å². The number of aromatic nitrogens is 2. The summed E-state index contributed by atoms with van der Waals surface area (Å²) >= 11 is 0. The predicted octanol–water partition coefficient (Wildman–Crippen LogP) is 0.861. The van der Waals surface area contributed by atoms with Gasteiger partial charge in [0.25, 0.3) is 5.92 Å². The first-order chi connectivity index (χ1) is 8.64. The van der Waals surface area contributed by atoms with Crippen LogP contribution in [0.15, 0.2) is 0 Å². The fraction of sp³-hybridized carbons (Fsp3) is 0.600. The third kappa shape index (κ3) is 1.56. The second-order valence-electron chi connectivity index (χ2n) is 4.71. The molecular weight excluding hydrogens is 275 g/mol. The summed E-state index contributed by atoms with van der Waals surface area (Å²) in [6, 6.07) is 0. The van der Waals surface area contributed by atoms with Crippen LogP contribution in [0.3, 0.4) is 0 Å². The van der Waals surface area contributed by atoms with Gasteiger partial charge in [0, 0.05) is 11.5 Å². The van der Waals surface area contributed by atoms with E-state index >= 15 is 0 Å². The monoisotopic (exact) mass is 281 g/mol. The summed E-state index contributed by atoms with van der Waals surface area (Å²) < 4.78 is 66.2. The fourth-order valence-electron chi connectivity index (χ4n) is 2.72. The number of rotatable bonds is 2. The smallest absolute Gasteiger partial charge is 0.435 e. The van der Waals surface area contributed by atoms with Gasteiger partial charge in [-0.15, -0.1) is 0 Å². The fourth-order valence-corrected chi connectivity index (χ4v) is 2.72. The minimum atomic E-state index is -4.88. The van der Waals surface area contributed by atoms with Gasteiger partial charge in [0.05, 0.1) is 12.5 Å². The van der Waals surface area contributed by atoms with E-state index in [-0.39, 0.29) is 11.1 Å².